The second-order valence-corrected chi connectivity index (χ2v) is 4.60. The van der Waals surface area contributed by atoms with Gasteiger partial charge in [-0.2, -0.15) is 5.10 Å². The Balaban J connectivity index is 2.17. The molecule has 4 nitrogen and oxygen atoms in total. The van der Waals surface area contributed by atoms with Crippen molar-refractivity contribution in [3.05, 3.63) is 17.0 Å². The Hall–Kier alpha value is -0.870. The van der Waals surface area contributed by atoms with Gasteiger partial charge in [0.15, 0.2) is 0 Å². The number of nitrogens with one attached hydrogen (secondary N) is 1. The Morgan fingerprint density at radius 2 is 2.33 bits per heavy atom. The minimum atomic E-state index is 0.0340. The molecule has 2 heterocycles. The van der Waals surface area contributed by atoms with Gasteiger partial charge in [-0.05, 0) is 12.3 Å². The zero-order valence-electron chi connectivity index (χ0n) is 9.42. The number of nitrogens with two attached hydrogens (primary N) is 1. The number of nitrogens with zero attached hydrogens (tertiary/aromatic N) is 1. The molecule has 1 aliphatic rings. The summed E-state index contributed by atoms with van der Waals surface area (Å²) in [5.41, 5.74) is 9.52. The van der Waals surface area contributed by atoms with E-state index in [2.05, 4.69) is 24.0 Å². The lowest BCUT2D eigenvalue weighted by molar-refractivity contribution is 0.109. The van der Waals surface area contributed by atoms with Crippen molar-refractivity contribution in [2.45, 2.75) is 39.3 Å². The van der Waals surface area contributed by atoms with Crippen molar-refractivity contribution in [3.63, 3.8) is 0 Å². The van der Waals surface area contributed by atoms with E-state index >= 15 is 0 Å². The number of rotatable bonds is 3. The molecule has 0 amide bonds. The standard InChI is InChI=1S/C11H19N3O/c1-7(2)5-9(12)11-8-6-15-4-3-10(8)13-14-11/h7,9H,3-6,12H2,1-2H3,(H,13,14)/t9-/m1/s1. The third-order valence-electron chi connectivity index (χ3n) is 2.80. The Kier molecular flexibility index (Phi) is 3.07. The summed E-state index contributed by atoms with van der Waals surface area (Å²) in [6, 6.07) is 0.0340. The topological polar surface area (TPSA) is 63.9 Å². The summed E-state index contributed by atoms with van der Waals surface area (Å²) in [4.78, 5) is 0. The Morgan fingerprint density at radius 1 is 1.53 bits per heavy atom. The molecular weight excluding hydrogens is 190 g/mol. The monoisotopic (exact) mass is 209 g/mol. The van der Waals surface area contributed by atoms with E-state index in [1.165, 1.54) is 11.3 Å². The molecule has 1 aromatic rings. The van der Waals surface area contributed by atoms with Crippen LogP contribution in [0, 0.1) is 5.92 Å². The van der Waals surface area contributed by atoms with Gasteiger partial charge in [0.25, 0.3) is 0 Å². The van der Waals surface area contributed by atoms with Crippen molar-refractivity contribution < 1.29 is 4.74 Å². The van der Waals surface area contributed by atoms with Crippen molar-refractivity contribution in [2.24, 2.45) is 11.7 Å². The lowest BCUT2D eigenvalue weighted by Crippen LogP contribution is -2.17. The highest BCUT2D eigenvalue weighted by Crippen LogP contribution is 2.25. The molecule has 0 bridgehead atoms. The van der Waals surface area contributed by atoms with Crippen LogP contribution in [0.3, 0.4) is 0 Å². The van der Waals surface area contributed by atoms with Crippen LogP contribution in [0.4, 0.5) is 0 Å². The first-order valence-electron chi connectivity index (χ1n) is 5.57. The van der Waals surface area contributed by atoms with E-state index < -0.39 is 0 Å². The predicted octanol–water partition coefficient (Wildman–Crippen LogP) is 1.53. The maximum Gasteiger partial charge on any atom is 0.0847 e. The van der Waals surface area contributed by atoms with Gasteiger partial charge in [0.1, 0.15) is 0 Å². The first kappa shape index (κ1) is 10.6. The molecule has 0 unspecified atom stereocenters. The molecule has 84 valence electrons. The Morgan fingerprint density at radius 3 is 3.07 bits per heavy atom. The van der Waals surface area contributed by atoms with Gasteiger partial charge in [0, 0.05) is 23.7 Å². The molecule has 0 spiro atoms. The molecule has 0 fully saturated rings. The van der Waals surface area contributed by atoms with E-state index in [4.69, 9.17) is 10.5 Å². The van der Waals surface area contributed by atoms with Crippen LogP contribution in [-0.4, -0.2) is 16.8 Å². The smallest absolute Gasteiger partial charge is 0.0847 e. The summed E-state index contributed by atoms with van der Waals surface area (Å²) in [6.07, 6.45) is 1.90. The van der Waals surface area contributed by atoms with Gasteiger partial charge in [0.2, 0.25) is 0 Å². The fraction of sp³-hybridized carbons (Fsp3) is 0.727. The summed E-state index contributed by atoms with van der Waals surface area (Å²) in [5, 5.41) is 7.39. The number of ether oxygens (including phenoxy) is 1. The summed E-state index contributed by atoms with van der Waals surface area (Å²) in [5.74, 6) is 0.594. The van der Waals surface area contributed by atoms with E-state index in [0.29, 0.717) is 12.5 Å². The van der Waals surface area contributed by atoms with Gasteiger partial charge in [0.05, 0.1) is 18.9 Å². The van der Waals surface area contributed by atoms with E-state index in [9.17, 15) is 0 Å². The van der Waals surface area contributed by atoms with E-state index in [-0.39, 0.29) is 6.04 Å². The van der Waals surface area contributed by atoms with Crippen LogP contribution in [-0.2, 0) is 17.8 Å². The lowest BCUT2D eigenvalue weighted by Gasteiger charge is -2.16. The first-order valence-corrected chi connectivity index (χ1v) is 5.57. The maximum atomic E-state index is 6.13. The molecule has 0 aliphatic carbocycles. The second kappa shape index (κ2) is 4.33. The fourth-order valence-corrected chi connectivity index (χ4v) is 2.06. The average Bonchev–Trinajstić information content (AvgIpc) is 2.59. The molecule has 1 aromatic heterocycles. The van der Waals surface area contributed by atoms with Gasteiger partial charge in [-0.15, -0.1) is 0 Å². The van der Waals surface area contributed by atoms with Crippen molar-refractivity contribution in [2.75, 3.05) is 6.61 Å². The number of H-pyrrole nitrogens is 1. The molecule has 4 heteroatoms. The van der Waals surface area contributed by atoms with Gasteiger partial charge >= 0.3 is 0 Å². The highest BCUT2D eigenvalue weighted by Gasteiger charge is 2.21. The van der Waals surface area contributed by atoms with Crippen molar-refractivity contribution in [1.29, 1.82) is 0 Å². The van der Waals surface area contributed by atoms with Crippen molar-refractivity contribution in [1.82, 2.24) is 10.2 Å². The molecule has 0 radical (unpaired) electrons. The molecule has 0 aromatic carbocycles. The summed E-state index contributed by atoms with van der Waals surface area (Å²) >= 11 is 0. The van der Waals surface area contributed by atoms with E-state index in [0.717, 1.165) is 25.1 Å². The van der Waals surface area contributed by atoms with Crippen LogP contribution in [0.25, 0.3) is 0 Å². The average molecular weight is 209 g/mol. The summed E-state index contributed by atoms with van der Waals surface area (Å²) in [6.45, 7) is 5.80. The lowest BCUT2D eigenvalue weighted by atomic mass is 9.98. The number of hydrogen-bond acceptors (Lipinski definition) is 3. The third kappa shape index (κ3) is 2.21. The quantitative estimate of drug-likeness (QED) is 0.793. The van der Waals surface area contributed by atoms with Crippen molar-refractivity contribution >= 4 is 0 Å². The highest BCUT2D eigenvalue weighted by molar-refractivity contribution is 5.28. The number of hydrogen-bond donors (Lipinski definition) is 2. The summed E-state index contributed by atoms with van der Waals surface area (Å²) in [7, 11) is 0. The SMILES string of the molecule is CC(C)C[C@@H](N)c1n[nH]c2c1COCC2. The molecule has 2 rings (SSSR count). The van der Waals surface area contributed by atoms with Crippen LogP contribution in [0.2, 0.25) is 0 Å². The summed E-state index contributed by atoms with van der Waals surface area (Å²) < 4.78 is 5.43. The zero-order chi connectivity index (χ0) is 10.8. The fourth-order valence-electron chi connectivity index (χ4n) is 2.06. The minimum Gasteiger partial charge on any atom is -0.376 e. The number of aromatic amines is 1. The largest absolute Gasteiger partial charge is 0.376 e. The third-order valence-corrected chi connectivity index (χ3v) is 2.80. The second-order valence-electron chi connectivity index (χ2n) is 4.60. The Labute approximate surface area is 90.2 Å². The minimum absolute atomic E-state index is 0.0340. The Bertz CT molecular complexity index is 333. The normalized spacial score (nSPS) is 17.9. The van der Waals surface area contributed by atoms with E-state index in [1.54, 1.807) is 0 Å². The van der Waals surface area contributed by atoms with Crippen molar-refractivity contribution in [3.8, 4) is 0 Å². The zero-order valence-corrected chi connectivity index (χ0v) is 9.42. The van der Waals surface area contributed by atoms with Crippen LogP contribution in [0.15, 0.2) is 0 Å². The molecular formula is C11H19N3O. The first-order chi connectivity index (χ1) is 7.18. The van der Waals surface area contributed by atoms with Crippen LogP contribution in [0.5, 0.6) is 0 Å². The van der Waals surface area contributed by atoms with Crippen LogP contribution < -0.4 is 5.73 Å². The van der Waals surface area contributed by atoms with Gasteiger partial charge in [-0.1, -0.05) is 13.8 Å². The van der Waals surface area contributed by atoms with E-state index in [1.807, 2.05) is 0 Å². The molecule has 0 saturated carbocycles. The maximum absolute atomic E-state index is 6.13. The molecule has 1 aliphatic heterocycles. The molecule has 1 atom stereocenters. The van der Waals surface area contributed by atoms with Gasteiger partial charge < -0.3 is 10.5 Å². The predicted molar refractivity (Wildman–Crippen MR) is 58.3 cm³/mol. The molecule has 3 N–H and O–H groups in total. The van der Waals surface area contributed by atoms with Crippen LogP contribution in [0.1, 0.15) is 43.3 Å². The highest BCUT2D eigenvalue weighted by atomic mass is 16.5. The van der Waals surface area contributed by atoms with Crippen LogP contribution >= 0.6 is 0 Å². The van der Waals surface area contributed by atoms with Gasteiger partial charge in [-0.25, -0.2) is 0 Å². The molecule has 0 saturated heterocycles. The molecule has 15 heavy (non-hydrogen) atoms. The number of aromatic nitrogens is 2. The number of fused-ring (bicyclic) bond motifs is 1. The van der Waals surface area contributed by atoms with Gasteiger partial charge in [-0.3, -0.25) is 5.10 Å².